The van der Waals surface area contributed by atoms with E-state index in [2.05, 4.69) is 4.98 Å². The fourth-order valence-corrected chi connectivity index (χ4v) is 1.37. The normalized spacial score (nSPS) is 11.7. The van der Waals surface area contributed by atoms with Gasteiger partial charge in [0.05, 0.1) is 11.9 Å². The molecular formula is C11H12FN3O5. The number of carbonyl (C=O) groups is 3. The number of carboxylic acid groups (broad SMARTS) is 2. The topological polar surface area (TPSA) is 143 Å². The summed E-state index contributed by atoms with van der Waals surface area (Å²) in [5, 5.41) is 19.3. The van der Waals surface area contributed by atoms with Crippen molar-refractivity contribution in [2.24, 2.45) is 0 Å². The van der Waals surface area contributed by atoms with Crippen LogP contribution in [0.2, 0.25) is 0 Å². The van der Waals surface area contributed by atoms with Crippen LogP contribution in [-0.2, 0) is 9.59 Å². The number of nitrogens with zero attached hydrogens (tertiary/aromatic N) is 1. The molecule has 0 unspecified atom stereocenters. The maximum atomic E-state index is 13.4. The van der Waals surface area contributed by atoms with Crippen LogP contribution in [0.15, 0.2) is 12.3 Å². The van der Waals surface area contributed by atoms with Gasteiger partial charge >= 0.3 is 11.9 Å². The Bertz CT molecular complexity index is 549. The first kappa shape index (κ1) is 15.3. The van der Waals surface area contributed by atoms with E-state index in [0.717, 1.165) is 12.3 Å². The number of nitrogens with one attached hydrogen (secondary N) is 1. The molecule has 5 N–H and O–H groups in total. The van der Waals surface area contributed by atoms with Crippen LogP contribution in [0.1, 0.15) is 23.3 Å². The predicted octanol–water partition coefficient (Wildman–Crippen LogP) is -0.149. The molecule has 0 spiro atoms. The van der Waals surface area contributed by atoms with Gasteiger partial charge in [-0.3, -0.25) is 9.59 Å². The van der Waals surface area contributed by atoms with Gasteiger partial charge < -0.3 is 21.3 Å². The van der Waals surface area contributed by atoms with E-state index >= 15 is 0 Å². The van der Waals surface area contributed by atoms with Crippen LogP contribution in [0.25, 0.3) is 0 Å². The average molecular weight is 285 g/mol. The summed E-state index contributed by atoms with van der Waals surface area (Å²) >= 11 is 0. The molecule has 1 atom stereocenters. The molecule has 20 heavy (non-hydrogen) atoms. The average Bonchev–Trinajstić information content (AvgIpc) is 2.33. The van der Waals surface area contributed by atoms with Gasteiger partial charge in [0.25, 0.3) is 5.91 Å². The molecule has 9 heteroatoms. The predicted molar refractivity (Wildman–Crippen MR) is 64.4 cm³/mol. The first-order valence-corrected chi connectivity index (χ1v) is 5.47. The zero-order valence-corrected chi connectivity index (χ0v) is 10.2. The van der Waals surface area contributed by atoms with Gasteiger partial charge in [0.2, 0.25) is 0 Å². The number of aliphatic carboxylic acids is 2. The largest absolute Gasteiger partial charge is 0.481 e. The summed E-state index contributed by atoms with van der Waals surface area (Å²) in [7, 11) is 0. The summed E-state index contributed by atoms with van der Waals surface area (Å²) in [5.74, 6) is -4.68. The first-order valence-electron chi connectivity index (χ1n) is 5.47. The van der Waals surface area contributed by atoms with Crippen molar-refractivity contribution in [2.75, 3.05) is 5.73 Å². The maximum Gasteiger partial charge on any atom is 0.326 e. The molecule has 1 amide bonds. The van der Waals surface area contributed by atoms with Crippen molar-refractivity contribution in [1.29, 1.82) is 0 Å². The van der Waals surface area contributed by atoms with Gasteiger partial charge in [-0.2, -0.15) is 0 Å². The Morgan fingerprint density at radius 3 is 2.55 bits per heavy atom. The van der Waals surface area contributed by atoms with E-state index in [1.54, 1.807) is 0 Å². The molecule has 0 aromatic carbocycles. The molecule has 1 rings (SSSR count). The van der Waals surface area contributed by atoms with Gasteiger partial charge in [-0.05, 0) is 6.42 Å². The number of carboxylic acids is 2. The minimum absolute atomic E-state index is 0.0136. The Labute approximate surface area is 112 Å². The molecule has 8 nitrogen and oxygen atoms in total. The highest BCUT2D eigenvalue weighted by Gasteiger charge is 2.23. The molecule has 1 aromatic heterocycles. The monoisotopic (exact) mass is 285 g/mol. The third-order valence-electron chi connectivity index (χ3n) is 2.33. The van der Waals surface area contributed by atoms with Crippen LogP contribution in [-0.4, -0.2) is 39.1 Å². The SMILES string of the molecule is Nc1cnc(C(=O)N[C@@H](CCC(=O)O)C(=O)O)c(F)c1. The Morgan fingerprint density at radius 1 is 1.40 bits per heavy atom. The van der Waals surface area contributed by atoms with E-state index in [0.29, 0.717) is 0 Å². The molecule has 1 aromatic rings. The lowest BCUT2D eigenvalue weighted by atomic mass is 10.1. The number of rotatable bonds is 6. The quantitative estimate of drug-likeness (QED) is 0.569. The number of hydrogen-bond donors (Lipinski definition) is 4. The van der Waals surface area contributed by atoms with E-state index in [4.69, 9.17) is 15.9 Å². The van der Waals surface area contributed by atoms with Crippen LogP contribution < -0.4 is 11.1 Å². The standard InChI is InChI=1S/C11H12FN3O5/c12-6-3-5(13)4-14-9(6)10(18)15-7(11(19)20)1-2-8(16)17/h3-4,7H,1-2,13H2,(H,15,18)(H,16,17)(H,19,20)/t7-/m0/s1. The lowest BCUT2D eigenvalue weighted by Gasteiger charge is -2.13. The fourth-order valence-electron chi connectivity index (χ4n) is 1.37. The van der Waals surface area contributed by atoms with Crippen molar-refractivity contribution >= 4 is 23.5 Å². The molecule has 0 saturated carbocycles. The Balaban J connectivity index is 2.80. The highest BCUT2D eigenvalue weighted by atomic mass is 19.1. The Kier molecular flexibility index (Phi) is 4.95. The van der Waals surface area contributed by atoms with Crippen molar-refractivity contribution in [2.45, 2.75) is 18.9 Å². The van der Waals surface area contributed by atoms with E-state index < -0.39 is 41.8 Å². The summed E-state index contributed by atoms with van der Waals surface area (Å²) in [5.41, 5.74) is 4.67. The second-order valence-electron chi connectivity index (χ2n) is 3.90. The molecule has 0 aliphatic carbocycles. The number of nitrogens with two attached hydrogens (primary N) is 1. The number of carbonyl (C=O) groups excluding carboxylic acids is 1. The Morgan fingerprint density at radius 2 is 2.05 bits per heavy atom. The summed E-state index contributed by atoms with van der Waals surface area (Å²) in [6, 6.07) is -0.577. The van der Waals surface area contributed by atoms with Crippen LogP contribution in [0.5, 0.6) is 0 Å². The molecule has 0 fully saturated rings. The summed E-state index contributed by atoms with van der Waals surface area (Å²) in [6.45, 7) is 0. The lowest BCUT2D eigenvalue weighted by molar-refractivity contribution is -0.140. The van der Waals surface area contributed by atoms with E-state index in [1.807, 2.05) is 5.32 Å². The highest BCUT2D eigenvalue weighted by Crippen LogP contribution is 2.09. The van der Waals surface area contributed by atoms with Crippen molar-refractivity contribution < 1.29 is 29.0 Å². The molecule has 0 aliphatic rings. The van der Waals surface area contributed by atoms with Crippen molar-refractivity contribution in [1.82, 2.24) is 10.3 Å². The zero-order chi connectivity index (χ0) is 15.3. The number of pyridine rings is 1. The molecule has 108 valence electrons. The summed E-state index contributed by atoms with van der Waals surface area (Å²) in [4.78, 5) is 36.4. The zero-order valence-electron chi connectivity index (χ0n) is 10.2. The third-order valence-corrected chi connectivity index (χ3v) is 2.33. The van der Waals surface area contributed by atoms with E-state index in [1.165, 1.54) is 0 Å². The van der Waals surface area contributed by atoms with Crippen LogP contribution in [0, 0.1) is 5.82 Å². The molecule has 1 heterocycles. The molecule has 0 saturated heterocycles. The number of hydrogen-bond acceptors (Lipinski definition) is 5. The third kappa shape index (κ3) is 4.19. The van der Waals surface area contributed by atoms with E-state index in [9.17, 15) is 18.8 Å². The molecule has 0 bridgehead atoms. The number of halogens is 1. The minimum Gasteiger partial charge on any atom is -0.481 e. The van der Waals surface area contributed by atoms with Crippen LogP contribution >= 0.6 is 0 Å². The minimum atomic E-state index is -1.45. The van der Waals surface area contributed by atoms with Gasteiger partial charge in [0, 0.05) is 12.5 Å². The molecule has 0 radical (unpaired) electrons. The van der Waals surface area contributed by atoms with Gasteiger partial charge in [0.15, 0.2) is 11.5 Å². The highest BCUT2D eigenvalue weighted by molar-refractivity contribution is 5.95. The van der Waals surface area contributed by atoms with Gasteiger partial charge in [-0.15, -0.1) is 0 Å². The lowest BCUT2D eigenvalue weighted by Crippen LogP contribution is -2.41. The number of aromatic nitrogens is 1. The van der Waals surface area contributed by atoms with Gasteiger partial charge in [-0.1, -0.05) is 0 Å². The molecular weight excluding hydrogens is 273 g/mol. The van der Waals surface area contributed by atoms with Crippen LogP contribution in [0.4, 0.5) is 10.1 Å². The number of anilines is 1. The summed E-state index contributed by atoms with van der Waals surface area (Å²) in [6.07, 6.45) is 0.271. The van der Waals surface area contributed by atoms with Gasteiger partial charge in [0.1, 0.15) is 6.04 Å². The van der Waals surface area contributed by atoms with Crippen molar-refractivity contribution in [3.05, 3.63) is 23.8 Å². The second-order valence-corrected chi connectivity index (χ2v) is 3.90. The van der Waals surface area contributed by atoms with Crippen LogP contribution in [0.3, 0.4) is 0 Å². The number of amides is 1. The summed E-state index contributed by atoms with van der Waals surface area (Å²) < 4.78 is 13.4. The maximum absolute atomic E-state index is 13.4. The Hall–Kier alpha value is -2.71. The second kappa shape index (κ2) is 6.45. The molecule has 0 aliphatic heterocycles. The van der Waals surface area contributed by atoms with Crippen molar-refractivity contribution in [3.63, 3.8) is 0 Å². The van der Waals surface area contributed by atoms with E-state index in [-0.39, 0.29) is 12.1 Å². The van der Waals surface area contributed by atoms with Crippen molar-refractivity contribution in [3.8, 4) is 0 Å². The van der Waals surface area contributed by atoms with Gasteiger partial charge in [-0.25, -0.2) is 14.2 Å². The first-order chi connectivity index (χ1) is 9.31. The number of nitrogen functional groups attached to an aromatic ring is 1. The smallest absolute Gasteiger partial charge is 0.326 e. The fraction of sp³-hybridized carbons (Fsp3) is 0.273.